The number of rotatable bonds is 4. The molecular weight excluding hydrogens is 282 g/mol. The maximum absolute atomic E-state index is 11.9. The molecule has 0 aliphatic heterocycles. The second-order valence-corrected chi connectivity index (χ2v) is 4.21. The van der Waals surface area contributed by atoms with Crippen LogP contribution in [0.4, 0.5) is 5.82 Å². The summed E-state index contributed by atoms with van der Waals surface area (Å²) < 4.78 is 10.2. The molecule has 1 aromatic heterocycles. The van der Waals surface area contributed by atoms with Gasteiger partial charge in [-0.2, -0.15) is 0 Å². The van der Waals surface area contributed by atoms with Crippen molar-refractivity contribution >= 4 is 23.4 Å². The molecule has 0 amide bonds. The van der Waals surface area contributed by atoms with Crippen LogP contribution in [0, 0.1) is 0 Å². The van der Waals surface area contributed by atoms with Crippen LogP contribution in [0.25, 0.3) is 0 Å². The second-order valence-electron chi connectivity index (χ2n) is 3.85. The van der Waals surface area contributed by atoms with Gasteiger partial charge in [0.1, 0.15) is 35.2 Å². The zero-order chi connectivity index (χ0) is 14.5. The van der Waals surface area contributed by atoms with E-state index in [1.54, 1.807) is 31.4 Å². The zero-order valence-corrected chi connectivity index (χ0v) is 11.4. The summed E-state index contributed by atoms with van der Waals surface area (Å²) in [5.74, 6) is 0.0532. The molecule has 6 nitrogen and oxygen atoms in total. The molecule has 1 heterocycles. The van der Waals surface area contributed by atoms with Crippen LogP contribution in [0.15, 0.2) is 30.6 Å². The van der Waals surface area contributed by atoms with Gasteiger partial charge in [-0.15, -0.1) is 0 Å². The van der Waals surface area contributed by atoms with Gasteiger partial charge in [0, 0.05) is 0 Å². The first-order valence-corrected chi connectivity index (χ1v) is 6.05. The van der Waals surface area contributed by atoms with E-state index in [0.717, 1.165) is 11.3 Å². The minimum Gasteiger partial charge on any atom is -0.497 e. The lowest BCUT2D eigenvalue weighted by Crippen LogP contribution is -2.11. The Morgan fingerprint density at radius 3 is 2.60 bits per heavy atom. The molecule has 2 aromatic rings. The number of carbonyl (C=O) groups is 1. The minimum absolute atomic E-state index is 0.00951. The predicted molar refractivity (Wildman–Crippen MR) is 73.6 cm³/mol. The number of anilines is 1. The number of aromatic nitrogens is 2. The van der Waals surface area contributed by atoms with E-state index in [2.05, 4.69) is 9.97 Å². The summed E-state index contributed by atoms with van der Waals surface area (Å²) in [6.45, 7) is 0.0908. The molecule has 0 saturated heterocycles. The standard InChI is InChI=1S/C13H12ClN3O3/c1-19-9-4-2-8(3-5-9)6-20-13(18)10-11(14)16-7-17-12(10)15/h2-5,7H,6H2,1H3,(H2,15,16,17). The van der Waals surface area contributed by atoms with Gasteiger partial charge in [-0.05, 0) is 17.7 Å². The molecule has 7 heteroatoms. The Bertz CT molecular complexity index is 597. The number of nitrogens with zero attached hydrogens (tertiary/aromatic N) is 2. The van der Waals surface area contributed by atoms with Crippen molar-refractivity contribution < 1.29 is 14.3 Å². The number of benzene rings is 1. The molecule has 0 bridgehead atoms. The monoisotopic (exact) mass is 293 g/mol. The number of methoxy groups -OCH3 is 1. The number of halogens is 1. The fourth-order valence-corrected chi connectivity index (χ4v) is 1.73. The van der Waals surface area contributed by atoms with E-state index in [1.165, 1.54) is 6.33 Å². The van der Waals surface area contributed by atoms with Gasteiger partial charge in [-0.3, -0.25) is 0 Å². The lowest BCUT2D eigenvalue weighted by Gasteiger charge is -2.07. The molecule has 0 spiro atoms. The van der Waals surface area contributed by atoms with Crippen LogP contribution in [-0.4, -0.2) is 23.0 Å². The molecule has 1 aromatic carbocycles. The molecule has 20 heavy (non-hydrogen) atoms. The second kappa shape index (κ2) is 6.21. The van der Waals surface area contributed by atoms with Crippen molar-refractivity contribution in [3.63, 3.8) is 0 Å². The fraction of sp³-hybridized carbons (Fsp3) is 0.154. The Labute approximate surface area is 120 Å². The van der Waals surface area contributed by atoms with Crippen LogP contribution in [0.2, 0.25) is 5.15 Å². The number of esters is 1. The normalized spacial score (nSPS) is 10.1. The number of hydrogen-bond donors (Lipinski definition) is 1. The summed E-state index contributed by atoms with van der Waals surface area (Å²) in [5.41, 5.74) is 6.36. The average molecular weight is 294 g/mol. The Morgan fingerprint density at radius 2 is 2.00 bits per heavy atom. The SMILES string of the molecule is COc1ccc(COC(=O)c2c(N)ncnc2Cl)cc1. The van der Waals surface area contributed by atoms with Gasteiger partial charge in [0.2, 0.25) is 0 Å². The van der Waals surface area contributed by atoms with Crippen molar-refractivity contribution in [1.82, 2.24) is 9.97 Å². The van der Waals surface area contributed by atoms with Crippen molar-refractivity contribution in [3.05, 3.63) is 46.9 Å². The summed E-state index contributed by atoms with van der Waals surface area (Å²) >= 11 is 5.80. The Morgan fingerprint density at radius 1 is 1.30 bits per heavy atom. The molecule has 0 unspecified atom stereocenters. The summed E-state index contributed by atoms with van der Waals surface area (Å²) in [7, 11) is 1.58. The zero-order valence-electron chi connectivity index (χ0n) is 10.7. The highest BCUT2D eigenvalue weighted by Crippen LogP contribution is 2.19. The van der Waals surface area contributed by atoms with Gasteiger partial charge < -0.3 is 15.2 Å². The van der Waals surface area contributed by atoms with Crippen LogP contribution in [-0.2, 0) is 11.3 Å². The van der Waals surface area contributed by atoms with E-state index < -0.39 is 5.97 Å². The summed E-state index contributed by atoms with van der Waals surface area (Å²) in [6, 6.07) is 7.13. The van der Waals surface area contributed by atoms with Crippen molar-refractivity contribution in [2.45, 2.75) is 6.61 Å². The van der Waals surface area contributed by atoms with E-state index >= 15 is 0 Å². The van der Waals surface area contributed by atoms with Crippen molar-refractivity contribution in [2.75, 3.05) is 12.8 Å². The van der Waals surface area contributed by atoms with Crippen molar-refractivity contribution in [1.29, 1.82) is 0 Å². The third-order valence-corrected chi connectivity index (χ3v) is 2.85. The van der Waals surface area contributed by atoms with E-state index in [-0.39, 0.29) is 23.1 Å². The maximum Gasteiger partial charge on any atom is 0.345 e. The first-order valence-electron chi connectivity index (χ1n) is 5.68. The van der Waals surface area contributed by atoms with Gasteiger partial charge in [0.15, 0.2) is 0 Å². The Balaban J connectivity index is 2.05. The van der Waals surface area contributed by atoms with Gasteiger partial charge in [0.25, 0.3) is 0 Å². The fourth-order valence-electron chi connectivity index (χ4n) is 1.51. The molecule has 0 saturated carbocycles. The largest absolute Gasteiger partial charge is 0.497 e. The molecule has 0 atom stereocenters. The lowest BCUT2D eigenvalue weighted by molar-refractivity contribution is 0.0473. The number of nitrogens with two attached hydrogens (primary N) is 1. The van der Waals surface area contributed by atoms with Crippen molar-refractivity contribution in [3.8, 4) is 5.75 Å². The predicted octanol–water partition coefficient (Wildman–Crippen LogP) is 2.08. The smallest absolute Gasteiger partial charge is 0.345 e. The van der Waals surface area contributed by atoms with Gasteiger partial charge in [0.05, 0.1) is 7.11 Å². The van der Waals surface area contributed by atoms with Gasteiger partial charge in [-0.25, -0.2) is 14.8 Å². The molecule has 0 fully saturated rings. The number of ether oxygens (including phenoxy) is 2. The summed E-state index contributed by atoms with van der Waals surface area (Å²) in [5, 5.41) is -0.0303. The van der Waals surface area contributed by atoms with Crippen LogP contribution in [0.5, 0.6) is 5.75 Å². The van der Waals surface area contributed by atoms with E-state index in [0.29, 0.717) is 0 Å². The van der Waals surface area contributed by atoms with E-state index in [4.69, 9.17) is 26.8 Å². The van der Waals surface area contributed by atoms with Gasteiger partial charge in [-0.1, -0.05) is 23.7 Å². The molecule has 0 aliphatic rings. The molecule has 2 rings (SSSR count). The van der Waals surface area contributed by atoms with Crippen LogP contribution in [0.3, 0.4) is 0 Å². The highest BCUT2D eigenvalue weighted by molar-refractivity contribution is 6.32. The number of nitrogen functional groups attached to an aromatic ring is 1. The Kier molecular flexibility index (Phi) is 4.37. The van der Waals surface area contributed by atoms with Crippen LogP contribution in [0.1, 0.15) is 15.9 Å². The molecular formula is C13H12ClN3O3. The Hall–Kier alpha value is -2.34. The van der Waals surface area contributed by atoms with E-state index in [1.807, 2.05) is 0 Å². The third-order valence-electron chi connectivity index (χ3n) is 2.56. The maximum atomic E-state index is 11.9. The minimum atomic E-state index is -0.663. The number of hydrogen-bond acceptors (Lipinski definition) is 6. The number of carbonyl (C=O) groups excluding carboxylic acids is 1. The van der Waals surface area contributed by atoms with Crippen molar-refractivity contribution in [2.24, 2.45) is 0 Å². The molecule has 2 N–H and O–H groups in total. The van der Waals surface area contributed by atoms with Crippen LogP contribution >= 0.6 is 11.6 Å². The third kappa shape index (κ3) is 3.16. The average Bonchev–Trinajstić information content (AvgIpc) is 2.45. The topological polar surface area (TPSA) is 87.3 Å². The molecule has 0 radical (unpaired) electrons. The quantitative estimate of drug-likeness (QED) is 0.686. The summed E-state index contributed by atoms with van der Waals surface area (Å²) in [4.78, 5) is 19.3. The molecule has 104 valence electrons. The highest BCUT2D eigenvalue weighted by Gasteiger charge is 2.17. The molecule has 0 aliphatic carbocycles. The van der Waals surface area contributed by atoms with Gasteiger partial charge >= 0.3 is 5.97 Å². The van der Waals surface area contributed by atoms with Crippen LogP contribution < -0.4 is 10.5 Å². The summed E-state index contributed by atoms with van der Waals surface area (Å²) in [6.07, 6.45) is 1.18. The first-order chi connectivity index (χ1) is 9.61. The highest BCUT2D eigenvalue weighted by atomic mass is 35.5. The van der Waals surface area contributed by atoms with E-state index in [9.17, 15) is 4.79 Å². The first kappa shape index (κ1) is 14.1. The lowest BCUT2D eigenvalue weighted by atomic mass is 10.2.